The summed E-state index contributed by atoms with van der Waals surface area (Å²) in [7, 11) is 0. The molecule has 1 heterocycles. The van der Waals surface area contributed by atoms with E-state index in [1.54, 1.807) is 0 Å². The van der Waals surface area contributed by atoms with Crippen molar-refractivity contribution in [3.63, 3.8) is 0 Å². The quantitative estimate of drug-likeness (QED) is 0.222. The van der Waals surface area contributed by atoms with Crippen LogP contribution in [-0.4, -0.2) is 4.98 Å². The minimum absolute atomic E-state index is 0.131. The number of allylic oxidation sites excluding steroid dienone is 5. The third-order valence-electron chi connectivity index (χ3n) is 8.51. The van der Waals surface area contributed by atoms with Crippen LogP contribution in [0, 0.1) is 5.41 Å². The predicted molar refractivity (Wildman–Crippen MR) is 178 cm³/mol. The fourth-order valence-corrected chi connectivity index (χ4v) is 6.60. The van der Waals surface area contributed by atoms with Crippen LogP contribution in [0.15, 0.2) is 152 Å². The Morgan fingerprint density at radius 3 is 2.05 bits per heavy atom. The normalized spacial score (nSPS) is 14.8. The van der Waals surface area contributed by atoms with Crippen LogP contribution < -0.4 is 4.90 Å². The molecule has 2 aliphatic carbocycles. The molecule has 0 N–H and O–H groups in total. The molecular formula is C40H30N2. The summed E-state index contributed by atoms with van der Waals surface area (Å²) in [6, 6.07) is 39.5. The van der Waals surface area contributed by atoms with Gasteiger partial charge in [-0.05, 0) is 103 Å². The average Bonchev–Trinajstić information content (AvgIpc) is 3.23. The molecule has 0 fully saturated rings. The fourth-order valence-electron chi connectivity index (χ4n) is 6.60. The summed E-state index contributed by atoms with van der Waals surface area (Å²) in [5.41, 5.74) is 10.9. The number of hydrogen-bond acceptors (Lipinski definition) is 2. The molecular weight excluding hydrogens is 508 g/mol. The van der Waals surface area contributed by atoms with Crippen LogP contribution in [0.5, 0.6) is 0 Å². The highest BCUT2D eigenvalue weighted by molar-refractivity contribution is 6.19. The first-order valence-electron chi connectivity index (χ1n) is 14.5. The van der Waals surface area contributed by atoms with E-state index < -0.39 is 0 Å². The second-order valence-electron chi connectivity index (χ2n) is 11.8. The van der Waals surface area contributed by atoms with Gasteiger partial charge in [0.15, 0.2) is 0 Å². The van der Waals surface area contributed by atoms with Crippen molar-refractivity contribution >= 4 is 38.5 Å². The Balaban J connectivity index is 1.34. The van der Waals surface area contributed by atoms with E-state index in [1.807, 2.05) is 18.5 Å². The monoisotopic (exact) mass is 538 g/mol. The number of anilines is 2. The Morgan fingerprint density at radius 2 is 1.31 bits per heavy atom. The number of benzene rings is 5. The van der Waals surface area contributed by atoms with E-state index in [1.165, 1.54) is 54.9 Å². The van der Waals surface area contributed by atoms with Crippen LogP contribution in [-0.2, 0) is 0 Å². The zero-order valence-corrected chi connectivity index (χ0v) is 23.8. The summed E-state index contributed by atoms with van der Waals surface area (Å²) in [4.78, 5) is 6.75. The van der Waals surface area contributed by atoms with E-state index in [-0.39, 0.29) is 5.41 Å². The largest absolute Gasteiger partial charge is 0.309 e. The molecule has 0 spiro atoms. The van der Waals surface area contributed by atoms with Crippen LogP contribution in [0.3, 0.4) is 0 Å². The van der Waals surface area contributed by atoms with E-state index in [4.69, 9.17) is 0 Å². The number of aromatic nitrogens is 1. The molecule has 0 saturated heterocycles. The average molecular weight is 539 g/mol. The van der Waals surface area contributed by atoms with Crippen LogP contribution in [0.1, 0.15) is 19.4 Å². The lowest BCUT2D eigenvalue weighted by molar-refractivity contribution is 0.628. The molecule has 0 saturated carbocycles. The van der Waals surface area contributed by atoms with Gasteiger partial charge in [0.25, 0.3) is 0 Å². The van der Waals surface area contributed by atoms with Crippen molar-refractivity contribution < 1.29 is 0 Å². The molecule has 1 aromatic heterocycles. The van der Waals surface area contributed by atoms with Gasteiger partial charge in [-0.3, -0.25) is 4.98 Å². The summed E-state index contributed by atoms with van der Waals surface area (Å²) in [6.45, 7) is 4.55. The van der Waals surface area contributed by atoms with Crippen molar-refractivity contribution in [2.45, 2.75) is 13.8 Å². The maximum absolute atomic E-state index is 4.45. The Labute approximate surface area is 246 Å². The Morgan fingerprint density at radius 1 is 0.619 bits per heavy atom. The molecule has 0 atom stereocenters. The van der Waals surface area contributed by atoms with Crippen molar-refractivity contribution in [2.24, 2.45) is 5.41 Å². The van der Waals surface area contributed by atoms with Gasteiger partial charge in [-0.1, -0.05) is 98.8 Å². The summed E-state index contributed by atoms with van der Waals surface area (Å²) >= 11 is 0. The lowest BCUT2D eigenvalue weighted by atomic mass is 9.87. The fraction of sp³-hybridized carbons (Fsp3) is 0.0750. The zero-order chi connectivity index (χ0) is 28.3. The van der Waals surface area contributed by atoms with Crippen molar-refractivity contribution in [1.29, 1.82) is 0 Å². The Hall–Kier alpha value is -5.21. The van der Waals surface area contributed by atoms with Crippen molar-refractivity contribution in [3.05, 3.63) is 157 Å². The molecule has 2 heteroatoms. The van der Waals surface area contributed by atoms with Gasteiger partial charge in [0.05, 0.1) is 11.9 Å². The van der Waals surface area contributed by atoms with Crippen LogP contribution in [0.2, 0.25) is 0 Å². The van der Waals surface area contributed by atoms with Gasteiger partial charge < -0.3 is 4.90 Å². The number of nitrogens with zero attached hydrogens (tertiary/aromatic N) is 2. The van der Waals surface area contributed by atoms with E-state index in [9.17, 15) is 0 Å². The van der Waals surface area contributed by atoms with Crippen molar-refractivity contribution in [1.82, 2.24) is 4.98 Å². The van der Waals surface area contributed by atoms with Crippen LogP contribution in [0.25, 0.3) is 49.4 Å². The van der Waals surface area contributed by atoms with E-state index in [0.717, 1.165) is 17.1 Å². The SMILES string of the molecule is CC1(C)C=CC(N(c2ccccc2)c2cccnc2)=CC(c2ccc3c4c(cccc24)-c2cc4ccccc4cc2-3)=C1. The van der Waals surface area contributed by atoms with Crippen molar-refractivity contribution in [3.8, 4) is 22.3 Å². The smallest absolute Gasteiger partial charge is 0.0644 e. The standard InChI is InChI=1S/C40H30N2/c1-40(2)20-19-31(42(30-12-4-3-5-13-30)32-14-9-21-41-26-32)22-29(25-40)33-17-18-36-38-24-28-11-7-6-10-27(28)23-37(38)35-16-8-15-34(33)39(35)36/h3-26H,1-2H3. The molecule has 5 aromatic carbocycles. The molecule has 0 unspecified atom stereocenters. The summed E-state index contributed by atoms with van der Waals surface area (Å²) in [5, 5.41) is 5.20. The summed E-state index contributed by atoms with van der Waals surface area (Å²) in [5.74, 6) is 0. The second kappa shape index (κ2) is 9.43. The van der Waals surface area contributed by atoms with E-state index in [2.05, 4.69) is 151 Å². The van der Waals surface area contributed by atoms with E-state index in [0.29, 0.717) is 0 Å². The Kier molecular flexibility index (Phi) is 5.52. The second-order valence-corrected chi connectivity index (χ2v) is 11.8. The van der Waals surface area contributed by atoms with Gasteiger partial charge in [-0.2, -0.15) is 0 Å². The number of hydrogen-bond donors (Lipinski definition) is 0. The zero-order valence-electron chi connectivity index (χ0n) is 23.8. The lowest BCUT2D eigenvalue weighted by Gasteiger charge is -2.26. The molecule has 42 heavy (non-hydrogen) atoms. The number of rotatable bonds is 4. The van der Waals surface area contributed by atoms with Crippen molar-refractivity contribution in [2.75, 3.05) is 4.90 Å². The third kappa shape index (κ3) is 3.99. The van der Waals surface area contributed by atoms with E-state index >= 15 is 0 Å². The predicted octanol–water partition coefficient (Wildman–Crippen LogP) is 10.7. The molecule has 200 valence electrons. The number of fused-ring (bicyclic) bond motifs is 4. The minimum atomic E-state index is -0.131. The molecule has 2 aliphatic rings. The highest BCUT2D eigenvalue weighted by Crippen LogP contribution is 2.50. The van der Waals surface area contributed by atoms with Crippen LogP contribution >= 0.6 is 0 Å². The molecule has 8 rings (SSSR count). The molecule has 0 amide bonds. The molecule has 2 nitrogen and oxygen atoms in total. The first kappa shape index (κ1) is 24.6. The molecule has 6 aromatic rings. The number of pyridine rings is 1. The Bertz CT molecular complexity index is 2010. The van der Waals surface area contributed by atoms with Gasteiger partial charge >= 0.3 is 0 Å². The molecule has 0 aliphatic heterocycles. The van der Waals surface area contributed by atoms with Gasteiger partial charge in [0, 0.05) is 23.0 Å². The first-order valence-corrected chi connectivity index (χ1v) is 14.5. The first-order chi connectivity index (χ1) is 20.6. The van der Waals surface area contributed by atoms with Gasteiger partial charge in [0.1, 0.15) is 0 Å². The lowest BCUT2D eigenvalue weighted by Crippen LogP contribution is -2.15. The molecule has 0 bridgehead atoms. The number of para-hydroxylation sites is 1. The van der Waals surface area contributed by atoms with Gasteiger partial charge in [-0.25, -0.2) is 0 Å². The van der Waals surface area contributed by atoms with Crippen LogP contribution in [0.4, 0.5) is 11.4 Å². The maximum Gasteiger partial charge on any atom is 0.0644 e. The summed E-state index contributed by atoms with van der Waals surface area (Å²) < 4.78 is 0. The van der Waals surface area contributed by atoms with Gasteiger partial charge in [-0.15, -0.1) is 0 Å². The minimum Gasteiger partial charge on any atom is -0.309 e. The maximum atomic E-state index is 4.45. The van der Waals surface area contributed by atoms with Gasteiger partial charge in [0.2, 0.25) is 0 Å². The topological polar surface area (TPSA) is 16.1 Å². The third-order valence-corrected chi connectivity index (χ3v) is 8.51. The summed E-state index contributed by atoms with van der Waals surface area (Å²) in [6.07, 6.45) is 13.1. The highest BCUT2D eigenvalue weighted by atomic mass is 15.2. The highest BCUT2D eigenvalue weighted by Gasteiger charge is 2.25. The molecule has 0 radical (unpaired) electrons.